The lowest BCUT2D eigenvalue weighted by Gasteiger charge is -2.07. The van der Waals surface area contributed by atoms with Crippen LogP contribution in [-0.2, 0) is 0 Å². The van der Waals surface area contributed by atoms with Gasteiger partial charge in [-0.3, -0.25) is 4.79 Å². The highest BCUT2D eigenvalue weighted by Gasteiger charge is 2.04. The van der Waals surface area contributed by atoms with Crippen molar-refractivity contribution in [3.8, 4) is 0 Å². The Morgan fingerprint density at radius 3 is 2.40 bits per heavy atom. The number of benzene rings is 2. The summed E-state index contributed by atoms with van der Waals surface area (Å²) in [6.07, 6.45) is 1.47. The first kappa shape index (κ1) is 14.0. The molecule has 2 rings (SSSR count). The van der Waals surface area contributed by atoms with Gasteiger partial charge in [0.15, 0.2) is 5.78 Å². The van der Waals surface area contributed by atoms with Gasteiger partial charge in [0.05, 0.1) is 5.69 Å². The number of ketones is 1. The summed E-state index contributed by atoms with van der Waals surface area (Å²) in [5.41, 5.74) is 2.68. The van der Waals surface area contributed by atoms with Crippen molar-refractivity contribution < 1.29 is 9.18 Å². The summed E-state index contributed by atoms with van der Waals surface area (Å²) in [6.45, 7) is 3.70. The van der Waals surface area contributed by atoms with Crippen molar-refractivity contribution in [3.63, 3.8) is 0 Å². The first-order valence-corrected chi connectivity index (χ1v) is 6.37. The fourth-order valence-corrected chi connectivity index (χ4v) is 1.81. The highest BCUT2D eigenvalue weighted by atomic mass is 19.1. The van der Waals surface area contributed by atoms with Gasteiger partial charge in [-0.1, -0.05) is 42.0 Å². The van der Waals surface area contributed by atoms with Crippen molar-refractivity contribution >= 4 is 11.5 Å². The lowest BCUT2D eigenvalue weighted by atomic mass is 10.1. The summed E-state index contributed by atoms with van der Waals surface area (Å²) in [7, 11) is 0. The van der Waals surface area contributed by atoms with Gasteiger partial charge >= 0.3 is 0 Å². The maximum atomic E-state index is 13.5. The van der Waals surface area contributed by atoms with E-state index in [0.717, 1.165) is 5.56 Å². The first-order chi connectivity index (χ1) is 9.56. The summed E-state index contributed by atoms with van der Waals surface area (Å²) < 4.78 is 13.5. The van der Waals surface area contributed by atoms with Crippen molar-refractivity contribution in [2.24, 2.45) is 0 Å². The lowest BCUT2D eigenvalue weighted by molar-refractivity contribution is 0.104. The highest BCUT2D eigenvalue weighted by molar-refractivity contribution is 6.05. The van der Waals surface area contributed by atoms with Gasteiger partial charge in [0.25, 0.3) is 0 Å². The third-order valence-corrected chi connectivity index (χ3v) is 2.89. The van der Waals surface area contributed by atoms with Gasteiger partial charge in [-0.05, 0) is 26.0 Å². The van der Waals surface area contributed by atoms with E-state index in [9.17, 15) is 9.18 Å². The number of halogens is 1. The molecule has 2 nitrogen and oxygen atoms in total. The fourth-order valence-electron chi connectivity index (χ4n) is 1.81. The van der Waals surface area contributed by atoms with E-state index >= 15 is 0 Å². The quantitative estimate of drug-likeness (QED) is 0.661. The van der Waals surface area contributed by atoms with Crippen molar-refractivity contribution in [1.29, 1.82) is 0 Å². The molecule has 0 bridgehead atoms. The Bertz CT molecular complexity index is 644. The van der Waals surface area contributed by atoms with Gasteiger partial charge in [0.2, 0.25) is 0 Å². The Hall–Kier alpha value is -2.42. The minimum atomic E-state index is -0.344. The van der Waals surface area contributed by atoms with Gasteiger partial charge < -0.3 is 5.32 Å². The summed E-state index contributed by atoms with van der Waals surface area (Å²) in [6, 6.07) is 13.7. The molecular weight excluding hydrogens is 253 g/mol. The van der Waals surface area contributed by atoms with E-state index in [1.807, 2.05) is 19.1 Å². The van der Waals surface area contributed by atoms with E-state index in [-0.39, 0.29) is 11.6 Å². The minimum absolute atomic E-state index is 0.105. The topological polar surface area (TPSA) is 29.1 Å². The van der Waals surface area contributed by atoms with Crippen LogP contribution in [0, 0.1) is 12.7 Å². The molecule has 0 saturated heterocycles. The van der Waals surface area contributed by atoms with Gasteiger partial charge in [-0.2, -0.15) is 0 Å². The number of carbonyl (C=O) groups is 1. The molecule has 20 heavy (non-hydrogen) atoms. The summed E-state index contributed by atoms with van der Waals surface area (Å²) in [5.74, 6) is -0.450. The van der Waals surface area contributed by atoms with Crippen molar-refractivity contribution in [1.82, 2.24) is 0 Å². The van der Waals surface area contributed by atoms with E-state index < -0.39 is 0 Å². The lowest BCUT2D eigenvalue weighted by Crippen LogP contribution is -2.02. The molecule has 0 aromatic heterocycles. The average molecular weight is 269 g/mol. The Morgan fingerprint density at radius 1 is 1.10 bits per heavy atom. The molecule has 2 aromatic carbocycles. The normalized spacial score (nSPS) is 11.2. The molecule has 0 unspecified atom stereocenters. The number of hydrogen-bond donors (Lipinski definition) is 1. The molecular formula is C17H16FNO. The number of para-hydroxylation sites is 1. The van der Waals surface area contributed by atoms with Crippen LogP contribution in [0.25, 0.3) is 0 Å². The zero-order chi connectivity index (χ0) is 14.5. The standard InChI is InChI=1S/C17H16FNO/c1-12-7-9-14(10-8-12)17(20)11-13(2)19-16-6-4-3-5-15(16)18/h3-11,19H,1-2H3/b13-11+. The molecule has 0 radical (unpaired) electrons. The van der Waals surface area contributed by atoms with Crippen LogP contribution < -0.4 is 5.32 Å². The second kappa shape index (κ2) is 6.15. The SMILES string of the molecule is C/C(=C\C(=O)c1ccc(C)cc1)Nc1ccccc1F. The van der Waals surface area contributed by atoms with Crippen LogP contribution in [0.2, 0.25) is 0 Å². The minimum Gasteiger partial charge on any atom is -0.357 e. The zero-order valence-electron chi connectivity index (χ0n) is 11.5. The molecule has 0 aliphatic carbocycles. The molecule has 0 aliphatic rings. The third kappa shape index (κ3) is 3.54. The van der Waals surface area contributed by atoms with Crippen molar-refractivity contribution in [2.45, 2.75) is 13.8 Å². The molecule has 2 aromatic rings. The van der Waals surface area contributed by atoms with E-state index in [2.05, 4.69) is 5.32 Å². The largest absolute Gasteiger partial charge is 0.357 e. The first-order valence-electron chi connectivity index (χ1n) is 6.37. The molecule has 0 fully saturated rings. The van der Waals surface area contributed by atoms with Crippen LogP contribution in [0.3, 0.4) is 0 Å². The maximum Gasteiger partial charge on any atom is 0.187 e. The number of aryl methyl sites for hydroxylation is 1. The Balaban J connectivity index is 2.12. The van der Waals surface area contributed by atoms with Crippen LogP contribution in [0.4, 0.5) is 10.1 Å². The van der Waals surface area contributed by atoms with Gasteiger partial charge in [-0.15, -0.1) is 0 Å². The number of anilines is 1. The monoisotopic (exact) mass is 269 g/mol. The Morgan fingerprint density at radius 2 is 1.75 bits per heavy atom. The van der Waals surface area contributed by atoms with E-state index in [1.165, 1.54) is 12.1 Å². The third-order valence-electron chi connectivity index (χ3n) is 2.89. The summed E-state index contributed by atoms with van der Waals surface area (Å²) in [4.78, 5) is 12.0. The molecule has 0 spiro atoms. The zero-order valence-corrected chi connectivity index (χ0v) is 11.5. The predicted molar refractivity (Wildman–Crippen MR) is 79.3 cm³/mol. The second-order valence-corrected chi connectivity index (χ2v) is 4.66. The van der Waals surface area contributed by atoms with Crippen LogP contribution in [0.1, 0.15) is 22.8 Å². The number of allylic oxidation sites excluding steroid dienone is 2. The molecule has 0 heterocycles. The fraction of sp³-hybridized carbons (Fsp3) is 0.118. The van der Waals surface area contributed by atoms with Crippen LogP contribution in [0.15, 0.2) is 60.3 Å². The second-order valence-electron chi connectivity index (χ2n) is 4.66. The molecule has 102 valence electrons. The highest BCUT2D eigenvalue weighted by Crippen LogP contribution is 2.15. The van der Waals surface area contributed by atoms with E-state index in [0.29, 0.717) is 16.9 Å². The van der Waals surface area contributed by atoms with Crippen molar-refractivity contribution in [2.75, 3.05) is 5.32 Å². The number of nitrogens with one attached hydrogen (secondary N) is 1. The number of rotatable bonds is 4. The van der Waals surface area contributed by atoms with E-state index in [1.54, 1.807) is 37.3 Å². The van der Waals surface area contributed by atoms with Gasteiger partial charge in [-0.25, -0.2) is 4.39 Å². The Labute approximate surface area is 118 Å². The molecule has 1 N–H and O–H groups in total. The molecule has 0 saturated carbocycles. The van der Waals surface area contributed by atoms with Gasteiger partial charge in [0.1, 0.15) is 5.82 Å². The summed E-state index contributed by atoms with van der Waals surface area (Å²) in [5, 5.41) is 2.89. The maximum absolute atomic E-state index is 13.5. The molecule has 3 heteroatoms. The smallest absolute Gasteiger partial charge is 0.187 e. The molecule has 0 aliphatic heterocycles. The van der Waals surface area contributed by atoms with E-state index in [4.69, 9.17) is 0 Å². The Kier molecular flexibility index (Phi) is 4.31. The summed E-state index contributed by atoms with van der Waals surface area (Å²) >= 11 is 0. The van der Waals surface area contributed by atoms with Crippen LogP contribution in [-0.4, -0.2) is 5.78 Å². The van der Waals surface area contributed by atoms with Crippen LogP contribution in [0.5, 0.6) is 0 Å². The molecule has 0 amide bonds. The van der Waals surface area contributed by atoms with Crippen molar-refractivity contribution in [3.05, 3.63) is 77.2 Å². The number of carbonyl (C=O) groups excluding carboxylic acids is 1. The van der Waals surface area contributed by atoms with Gasteiger partial charge in [0, 0.05) is 17.3 Å². The molecule has 0 atom stereocenters. The predicted octanol–water partition coefficient (Wildman–Crippen LogP) is 4.33. The average Bonchev–Trinajstić information content (AvgIpc) is 2.42. The van der Waals surface area contributed by atoms with Crippen LogP contribution >= 0.6 is 0 Å². The number of hydrogen-bond acceptors (Lipinski definition) is 2.